The number of piperidine rings is 1. The summed E-state index contributed by atoms with van der Waals surface area (Å²) in [5, 5.41) is 8.49. The molecule has 8 nitrogen and oxygen atoms in total. The highest BCUT2D eigenvalue weighted by Crippen LogP contribution is 2.28. The second-order valence-electron chi connectivity index (χ2n) is 7.54. The Hall–Kier alpha value is -3.10. The highest BCUT2D eigenvalue weighted by Gasteiger charge is 2.24. The molecule has 5 heterocycles. The number of fused-ring (bicyclic) bond motifs is 1. The van der Waals surface area contributed by atoms with Crippen LogP contribution >= 0.6 is 11.6 Å². The SMILES string of the molecule is O=c1cc(C2CCCN(Cc3cncc4c(Cl)[nH]nc34)C2)nc(-c2ccccn2)[nH]1. The van der Waals surface area contributed by atoms with E-state index in [0.29, 0.717) is 16.7 Å². The summed E-state index contributed by atoms with van der Waals surface area (Å²) in [5.41, 5.74) is 3.20. The van der Waals surface area contributed by atoms with E-state index in [0.717, 1.165) is 54.6 Å². The number of aromatic nitrogens is 6. The van der Waals surface area contributed by atoms with Gasteiger partial charge in [0.1, 0.15) is 16.4 Å². The molecule has 0 amide bonds. The smallest absolute Gasteiger partial charge is 0.251 e. The van der Waals surface area contributed by atoms with Gasteiger partial charge in [0, 0.05) is 49.2 Å². The Bertz CT molecular complexity index is 1240. The average Bonchev–Trinajstić information content (AvgIpc) is 3.16. The molecule has 4 aromatic rings. The second kappa shape index (κ2) is 7.97. The standard InChI is InChI=1S/C21H20ClN7O/c22-20-15-10-23-9-14(19(15)27-28-20)12-29-7-3-4-13(11-29)17-8-18(30)26-21(25-17)16-5-1-2-6-24-16/h1-2,5-6,8-10,13H,3-4,7,11-12H2,(H,27,28)(H,25,26,30). The zero-order valence-electron chi connectivity index (χ0n) is 16.2. The molecule has 0 radical (unpaired) electrons. The van der Waals surface area contributed by atoms with Crippen LogP contribution in [0.15, 0.2) is 47.7 Å². The van der Waals surface area contributed by atoms with E-state index in [1.807, 2.05) is 24.4 Å². The van der Waals surface area contributed by atoms with E-state index in [4.69, 9.17) is 16.6 Å². The molecule has 0 aromatic carbocycles. The minimum absolute atomic E-state index is 0.155. The molecule has 152 valence electrons. The van der Waals surface area contributed by atoms with Gasteiger partial charge in [-0.3, -0.25) is 24.8 Å². The summed E-state index contributed by atoms with van der Waals surface area (Å²) >= 11 is 6.15. The maximum atomic E-state index is 12.3. The van der Waals surface area contributed by atoms with Crippen molar-refractivity contribution in [3.63, 3.8) is 0 Å². The van der Waals surface area contributed by atoms with Crippen LogP contribution in [-0.4, -0.2) is 48.1 Å². The first-order chi connectivity index (χ1) is 14.7. The molecule has 30 heavy (non-hydrogen) atoms. The van der Waals surface area contributed by atoms with Gasteiger partial charge in [-0.15, -0.1) is 0 Å². The first-order valence-electron chi connectivity index (χ1n) is 9.89. The van der Waals surface area contributed by atoms with Crippen LogP contribution in [0.2, 0.25) is 5.15 Å². The van der Waals surface area contributed by atoms with Crippen molar-refractivity contribution in [2.45, 2.75) is 25.3 Å². The lowest BCUT2D eigenvalue weighted by Crippen LogP contribution is -2.34. The third-order valence-electron chi connectivity index (χ3n) is 5.48. The van der Waals surface area contributed by atoms with Crippen LogP contribution in [-0.2, 0) is 6.54 Å². The zero-order chi connectivity index (χ0) is 20.5. The highest BCUT2D eigenvalue weighted by atomic mass is 35.5. The van der Waals surface area contributed by atoms with Gasteiger partial charge in [0.25, 0.3) is 5.56 Å². The fourth-order valence-electron chi connectivity index (χ4n) is 4.06. The van der Waals surface area contributed by atoms with Crippen molar-refractivity contribution in [2.75, 3.05) is 13.1 Å². The summed E-state index contributed by atoms with van der Waals surface area (Å²) < 4.78 is 0. The number of likely N-dealkylation sites (tertiary alicyclic amines) is 1. The van der Waals surface area contributed by atoms with E-state index in [2.05, 4.69) is 30.0 Å². The molecule has 2 N–H and O–H groups in total. The molecular formula is C21H20ClN7O. The largest absolute Gasteiger partial charge is 0.305 e. The van der Waals surface area contributed by atoms with Gasteiger partial charge in [-0.2, -0.15) is 5.10 Å². The van der Waals surface area contributed by atoms with Gasteiger partial charge in [-0.05, 0) is 31.5 Å². The first-order valence-corrected chi connectivity index (χ1v) is 10.3. The number of nitrogens with one attached hydrogen (secondary N) is 2. The molecule has 0 spiro atoms. The monoisotopic (exact) mass is 421 g/mol. The normalized spacial score (nSPS) is 17.4. The van der Waals surface area contributed by atoms with Gasteiger partial charge in [-0.25, -0.2) is 4.98 Å². The summed E-state index contributed by atoms with van der Waals surface area (Å²) in [6.45, 7) is 2.51. The van der Waals surface area contributed by atoms with Gasteiger partial charge >= 0.3 is 0 Å². The van der Waals surface area contributed by atoms with E-state index >= 15 is 0 Å². The van der Waals surface area contributed by atoms with Crippen molar-refractivity contribution in [1.29, 1.82) is 0 Å². The van der Waals surface area contributed by atoms with Gasteiger partial charge in [-0.1, -0.05) is 17.7 Å². The molecule has 1 unspecified atom stereocenters. The highest BCUT2D eigenvalue weighted by molar-refractivity contribution is 6.34. The third-order valence-corrected chi connectivity index (χ3v) is 5.77. The van der Waals surface area contributed by atoms with Crippen molar-refractivity contribution in [3.8, 4) is 11.5 Å². The number of hydrogen-bond donors (Lipinski definition) is 2. The van der Waals surface area contributed by atoms with E-state index in [1.165, 1.54) is 0 Å². The summed E-state index contributed by atoms with van der Waals surface area (Å²) in [6.07, 6.45) is 7.28. The average molecular weight is 422 g/mol. The third kappa shape index (κ3) is 3.71. The zero-order valence-corrected chi connectivity index (χ0v) is 16.9. The summed E-state index contributed by atoms with van der Waals surface area (Å²) in [7, 11) is 0. The summed E-state index contributed by atoms with van der Waals surface area (Å²) in [4.78, 5) is 30.8. The summed E-state index contributed by atoms with van der Waals surface area (Å²) in [6, 6.07) is 7.17. The quantitative estimate of drug-likeness (QED) is 0.524. The maximum absolute atomic E-state index is 12.3. The number of rotatable bonds is 4. The summed E-state index contributed by atoms with van der Waals surface area (Å²) in [5.74, 6) is 0.689. The number of halogens is 1. The lowest BCUT2D eigenvalue weighted by molar-refractivity contribution is 0.199. The number of H-pyrrole nitrogens is 2. The molecule has 1 atom stereocenters. The Morgan fingerprint density at radius 3 is 3.07 bits per heavy atom. The van der Waals surface area contributed by atoms with Gasteiger partial charge < -0.3 is 4.98 Å². The van der Waals surface area contributed by atoms with Crippen molar-refractivity contribution in [2.24, 2.45) is 0 Å². The van der Waals surface area contributed by atoms with Crippen LogP contribution in [0.25, 0.3) is 22.4 Å². The van der Waals surface area contributed by atoms with Crippen LogP contribution in [0, 0.1) is 0 Å². The van der Waals surface area contributed by atoms with Gasteiger partial charge in [0.05, 0.1) is 11.1 Å². The molecule has 0 saturated carbocycles. The Labute approximate surface area is 177 Å². The van der Waals surface area contributed by atoms with Crippen LogP contribution < -0.4 is 5.56 Å². The number of hydrogen-bond acceptors (Lipinski definition) is 6. The number of aromatic amines is 2. The molecule has 4 aromatic heterocycles. The van der Waals surface area contributed by atoms with Crippen molar-refractivity contribution in [3.05, 3.63) is 69.6 Å². The fourth-order valence-corrected chi connectivity index (χ4v) is 4.24. The minimum atomic E-state index is -0.155. The second-order valence-corrected chi connectivity index (χ2v) is 7.92. The van der Waals surface area contributed by atoms with E-state index < -0.39 is 0 Å². The van der Waals surface area contributed by atoms with Crippen LogP contribution in [0.5, 0.6) is 0 Å². The van der Waals surface area contributed by atoms with Crippen LogP contribution in [0.1, 0.15) is 30.0 Å². The minimum Gasteiger partial charge on any atom is -0.305 e. The molecule has 9 heteroatoms. The fraction of sp³-hybridized carbons (Fsp3) is 0.286. The molecule has 1 aliphatic rings. The van der Waals surface area contributed by atoms with Crippen molar-refractivity contribution >= 4 is 22.5 Å². The Morgan fingerprint density at radius 2 is 2.20 bits per heavy atom. The van der Waals surface area contributed by atoms with E-state index in [-0.39, 0.29) is 11.5 Å². The van der Waals surface area contributed by atoms with Crippen molar-refractivity contribution < 1.29 is 0 Å². The Balaban J connectivity index is 1.39. The molecule has 5 rings (SSSR count). The molecular weight excluding hydrogens is 402 g/mol. The van der Waals surface area contributed by atoms with E-state index in [1.54, 1.807) is 18.5 Å². The first kappa shape index (κ1) is 18.9. The lowest BCUT2D eigenvalue weighted by Gasteiger charge is -2.32. The number of pyridine rings is 2. The van der Waals surface area contributed by atoms with Crippen LogP contribution in [0.4, 0.5) is 0 Å². The van der Waals surface area contributed by atoms with Crippen molar-refractivity contribution in [1.82, 2.24) is 35.0 Å². The Morgan fingerprint density at radius 1 is 1.27 bits per heavy atom. The predicted molar refractivity (Wildman–Crippen MR) is 114 cm³/mol. The topological polar surface area (TPSA) is 103 Å². The molecule has 0 aliphatic carbocycles. The molecule has 1 fully saturated rings. The maximum Gasteiger partial charge on any atom is 0.251 e. The molecule has 0 bridgehead atoms. The van der Waals surface area contributed by atoms with E-state index in [9.17, 15) is 4.79 Å². The van der Waals surface area contributed by atoms with Gasteiger partial charge in [0.15, 0.2) is 5.82 Å². The van der Waals surface area contributed by atoms with Crippen LogP contribution in [0.3, 0.4) is 0 Å². The molecule has 1 saturated heterocycles. The number of nitrogens with zero attached hydrogens (tertiary/aromatic N) is 5. The molecule has 1 aliphatic heterocycles. The Kier molecular flexibility index (Phi) is 5.02. The van der Waals surface area contributed by atoms with Gasteiger partial charge in [0.2, 0.25) is 0 Å². The lowest BCUT2D eigenvalue weighted by atomic mass is 9.94. The predicted octanol–water partition coefficient (Wildman–Crippen LogP) is 3.14.